The van der Waals surface area contributed by atoms with E-state index < -0.39 is 23.2 Å². The average Bonchev–Trinajstić information content (AvgIpc) is 2.59. The minimum absolute atomic E-state index is 0.312. The van der Waals surface area contributed by atoms with Crippen LogP contribution in [0.5, 0.6) is 0 Å². The van der Waals surface area contributed by atoms with Crippen LogP contribution in [0.25, 0.3) is 0 Å². The van der Waals surface area contributed by atoms with Gasteiger partial charge in [0.2, 0.25) is 0 Å². The summed E-state index contributed by atoms with van der Waals surface area (Å²) >= 11 is 1.97. The van der Waals surface area contributed by atoms with Gasteiger partial charge in [0.25, 0.3) is 0 Å². The number of halogens is 1. The van der Waals surface area contributed by atoms with Gasteiger partial charge in [-0.25, -0.2) is 4.79 Å². The summed E-state index contributed by atoms with van der Waals surface area (Å²) in [6, 6.07) is 0. The van der Waals surface area contributed by atoms with Crippen molar-refractivity contribution in [1.82, 2.24) is 4.90 Å². The van der Waals surface area contributed by atoms with E-state index >= 15 is 0 Å². The molecule has 0 unspecified atom stereocenters. The molecule has 0 spiro atoms. The number of ether oxygens (including phenoxy) is 1. The van der Waals surface area contributed by atoms with E-state index in [9.17, 15) is 14.7 Å². The molecule has 0 N–H and O–H groups in total. The predicted octanol–water partition coefficient (Wildman–Crippen LogP) is 0.941. The maximum absolute atomic E-state index is 11.9. The molecule has 1 heterocycles. The van der Waals surface area contributed by atoms with Crippen LogP contribution in [0.4, 0.5) is 4.79 Å². The SMILES string of the molecule is CC(C)(C)OC(=O)N1CCC[C@@]1(CI)C(=O)[O-]. The van der Waals surface area contributed by atoms with Crippen LogP contribution in [0, 0.1) is 0 Å². The van der Waals surface area contributed by atoms with E-state index in [0.717, 1.165) is 0 Å². The first-order valence-corrected chi connectivity index (χ1v) is 7.03. The zero-order valence-electron chi connectivity index (χ0n) is 10.3. The molecule has 0 aromatic heterocycles. The second-order valence-corrected chi connectivity index (χ2v) is 5.95. The van der Waals surface area contributed by atoms with Crippen LogP contribution in [-0.4, -0.2) is 39.1 Å². The number of carboxylic acids is 1. The number of hydrogen-bond acceptors (Lipinski definition) is 4. The highest BCUT2D eigenvalue weighted by Crippen LogP contribution is 2.32. The highest BCUT2D eigenvalue weighted by molar-refractivity contribution is 14.1. The van der Waals surface area contributed by atoms with Gasteiger partial charge in [0.1, 0.15) is 5.60 Å². The van der Waals surface area contributed by atoms with Gasteiger partial charge in [0.15, 0.2) is 0 Å². The Labute approximate surface area is 115 Å². The lowest BCUT2D eigenvalue weighted by atomic mass is 10.00. The van der Waals surface area contributed by atoms with E-state index in [1.54, 1.807) is 20.8 Å². The minimum Gasteiger partial charge on any atom is -0.548 e. The van der Waals surface area contributed by atoms with E-state index in [0.29, 0.717) is 23.8 Å². The summed E-state index contributed by atoms with van der Waals surface area (Å²) in [4.78, 5) is 24.5. The van der Waals surface area contributed by atoms with Gasteiger partial charge < -0.3 is 14.6 Å². The van der Waals surface area contributed by atoms with Crippen LogP contribution >= 0.6 is 22.6 Å². The van der Waals surface area contributed by atoms with Crippen molar-refractivity contribution in [3.8, 4) is 0 Å². The molecular formula is C11H17INO4-. The van der Waals surface area contributed by atoms with Crippen molar-refractivity contribution < 1.29 is 19.4 Å². The molecule has 0 aliphatic carbocycles. The first kappa shape index (κ1) is 14.5. The lowest BCUT2D eigenvalue weighted by Crippen LogP contribution is -2.60. The third kappa shape index (κ3) is 3.02. The molecule has 17 heavy (non-hydrogen) atoms. The molecule has 0 aromatic carbocycles. The van der Waals surface area contributed by atoms with Crippen molar-refractivity contribution in [2.45, 2.75) is 44.8 Å². The van der Waals surface area contributed by atoms with Crippen molar-refractivity contribution in [1.29, 1.82) is 0 Å². The van der Waals surface area contributed by atoms with Crippen LogP contribution in [0.15, 0.2) is 0 Å². The maximum Gasteiger partial charge on any atom is 0.411 e. The Morgan fingerprint density at radius 3 is 2.47 bits per heavy atom. The molecule has 98 valence electrons. The van der Waals surface area contributed by atoms with Crippen molar-refractivity contribution in [3.05, 3.63) is 0 Å². The molecule has 0 bridgehead atoms. The van der Waals surface area contributed by atoms with Gasteiger partial charge in [0.05, 0.1) is 11.5 Å². The Balaban J connectivity index is 2.89. The molecule has 6 heteroatoms. The fraction of sp³-hybridized carbons (Fsp3) is 0.818. The fourth-order valence-electron chi connectivity index (χ4n) is 1.87. The third-order valence-electron chi connectivity index (χ3n) is 2.70. The monoisotopic (exact) mass is 354 g/mol. The Bertz CT molecular complexity index is 326. The van der Waals surface area contributed by atoms with Gasteiger partial charge in [0, 0.05) is 11.0 Å². The number of carboxylic acid groups (broad SMARTS) is 1. The average molecular weight is 354 g/mol. The summed E-state index contributed by atoms with van der Waals surface area (Å²) in [5.74, 6) is -1.20. The molecule has 0 aromatic rings. The third-order valence-corrected chi connectivity index (χ3v) is 3.97. The Morgan fingerprint density at radius 1 is 1.47 bits per heavy atom. The molecule has 1 amide bonds. The summed E-state index contributed by atoms with van der Waals surface area (Å²) in [6.07, 6.45) is 0.518. The van der Waals surface area contributed by atoms with Crippen molar-refractivity contribution in [3.63, 3.8) is 0 Å². The Kier molecular flexibility index (Phi) is 4.27. The van der Waals surface area contributed by atoms with Crippen LogP contribution in [-0.2, 0) is 9.53 Å². The molecule has 1 saturated heterocycles. The van der Waals surface area contributed by atoms with Crippen molar-refractivity contribution >= 4 is 34.7 Å². The standard InChI is InChI=1S/C11H18INO4/c1-10(2,3)17-9(16)13-6-4-5-11(13,7-12)8(14)15/h4-7H2,1-3H3,(H,14,15)/p-1/t11-/m1/s1. The fourth-order valence-corrected chi connectivity index (χ4v) is 2.97. The van der Waals surface area contributed by atoms with E-state index in [1.165, 1.54) is 4.90 Å². The summed E-state index contributed by atoms with van der Waals surface area (Å²) in [6.45, 7) is 5.68. The zero-order valence-corrected chi connectivity index (χ0v) is 12.4. The largest absolute Gasteiger partial charge is 0.548 e. The van der Waals surface area contributed by atoms with Crippen LogP contribution < -0.4 is 5.11 Å². The second kappa shape index (κ2) is 4.99. The number of rotatable bonds is 2. The van der Waals surface area contributed by atoms with Gasteiger partial charge >= 0.3 is 6.09 Å². The van der Waals surface area contributed by atoms with Crippen LogP contribution in [0.2, 0.25) is 0 Å². The minimum atomic E-state index is -1.21. The summed E-state index contributed by atoms with van der Waals surface area (Å²) in [5, 5.41) is 11.3. The molecule has 1 rings (SSSR count). The molecular weight excluding hydrogens is 337 g/mol. The molecule has 0 radical (unpaired) electrons. The molecule has 1 aliphatic heterocycles. The lowest BCUT2D eigenvalue weighted by Gasteiger charge is -2.38. The summed E-state index contributed by atoms with van der Waals surface area (Å²) < 4.78 is 5.53. The summed E-state index contributed by atoms with van der Waals surface area (Å²) in [7, 11) is 0. The number of alkyl halides is 1. The number of aliphatic carboxylic acids is 1. The summed E-state index contributed by atoms with van der Waals surface area (Å²) in [5.41, 5.74) is -1.83. The predicted molar refractivity (Wildman–Crippen MR) is 68.8 cm³/mol. The second-order valence-electron chi connectivity index (χ2n) is 5.19. The number of likely N-dealkylation sites (tertiary alicyclic amines) is 1. The van der Waals surface area contributed by atoms with Gasteiger partial charge in [-0.05, 0) is 33.6 Å². The molecule has 1 aliphatic rings. The number of carbonyl (C=O) groups is 2. The normalized spacial score (nSPS) is 24.8. The molecule has 1 atom stereocenters. The topological polar surface area (TPSA) is 69.7 Å². The van der Waals surface area contributed by atoms with Crippen LogP contribution in [0.1, 0.15) is 33.6 Å². The highest BCUT2D eigenvalue weighted by Gasteiger charge is 2.45. The van der Waals surface area contributed by atoms with Gasteiger partial charge in [-0.3, -0.25) is 4.90 Å². The van der Waals surface area contributed by atoms with E-state index in [2.05, 4.69) is 0 Å². The smallest absolute Gasteiger partial charge is 0.411 e. The van der Waals surface area contributed by atoms with Crippen molar-refractivity contribution in [2.75, 3.05) is 11.0 Å². The lowest BCUT2D eigenvalue weighted by molar-refractivity contribution is -0.316. The van der Waals surface area contributed by atoms with Gasteiger partial charge in [-0.2, -0.15) is 0 Å². The van der Waals surface area contributed by atoms with Crippen molar-refractivity contribution in [2.24, 2.45) is 0 Å². The highest BCUT2D eigenvalue weighted by atomic mass is 127. The van der Waals surface area contributed by atoms with E-state index in [-0.39, 0.29) is 0 Å². The Morgan fingerprint density at radius 2 is 2.06 bits per heavy atom. The molecule has 1 fully saturated rings. The first-order chi connectivity index (χ1) is 7.73. The molecule has 5 nitrogen and oxygen atoms in total. The van der Waals surface area contributed by atoms with Gasteiger partial charge in [-0.15, -0.1) is 0 Å². The Hall–Kier alpha value is -0.530. The number of amides is 1. The van der Waals surface area contributed by atoms with E-state index in [4.69, 9.17) is 4.74 Å². The number of hydrogen-bond donors (Lipinski definition) is 0. The molecule has 0 saturated carbocycles. The maximum atomic E-state index is 11.9. The first-order valence-electron chi connectivity index (χ1n) is 5.51. The number of nitrogens with zero attached hydrogens (tertiary/aromatic N) is 1. The van der Waals surface area contributed by atoms with Gasteiger partial charge in [-0.1, -0.05) is 22.6 Å². The number of carbonyl (C=O) groups excluding carboxylic acids is 2. The quantitative estimate of drug-likeness (QED) is 0.547. The zero-order chi connectivity index (χ0) is 13.3. The van der Waals surface area contributed by atoms with E-state index in [1.807, 2.05) is 22.6 Å². The van der Waals surface area contributed by atoms with Crippen LogP contribution in [0.3, 0.4) is 0 Å².